The van der Waals surface area contributed by atoms with Crippen LogP contribution in [0.1, 0.15) is 57.6 Å². The molecule has 0 bridgehead atoms. The number of likely N-dealkylation sites (tertiary alicyclic amines) is 2. The van der Waals surface area contributed by atoms with Crippen LogP contribution in [0.2, 0.25) is 0 Å². The number of halogens is 1. The molecule has 1 radical (unpaired) electrons. The molecule has 0 unspecified atom stereocenters. The van der Waals surface area contributed by atoms with Crippen molar-refractivity contribution in [2.24, 2.45) is 0 Å². The summed E-state index contributed by atoms with van der Waals surface area (Å²) in [5.74, 6) is 0.801. The van der Waals surface area contributed by atoms with E-state index >= 15 is 0 Å². The lowest BCUT2D eigenvalue weighted by Gasteiger charge is -2.40. The second kappa shape index (κ2) is 21.0. The van der Waals surface area contributed by atoms with Crippen molar-refractivity contribution in [3.63, 3.8) is 0 Å². The molecule has 7 rings (SSSR count). The van der Waals surface area contributed by atoms with Gasteiger partial charge in [0.25, 0.3) is 11.5 Å². The Kier molecular flexibility index (Phi) is 15.3. The van der Waals surface area contributed by atoms with Crippen LogP contribution >= 0.6 is 0 Å². The Labute approximate surface area is 383 Å². The number of carbonyl (C=O) groups is 2. The molecule has 2 amide bonds. The van der Waals surface area contributed by atoms with E-state index in [9.17, 15) is 27.5 Å². The van der Waals surface area contributed by atoms with E-state index in [0.29, 0.717) is 51.2 Å². The fourth-order valence-electron chi connectivity index (χ4n) is 8.20. The molecule has 5 aromatic rings. The van der Waals surface area contributed by atoms with Crippen LogP contribution in [0.25, 0.3) is 0 Å². The molecule has 3 N–H and O–H groups in total. The van der Waals surface area contributed by atoms with E-state index in [4.69, 9.17) is 13.9 Å². The monoisotopic (exact) mass is 921 g/mol. The number of carbonyl (C=O) groups excluding carboxylic acids is 2. The fraction of sp³-hybridized carbons (Fsp3) is 0.360. The van der Waals surface area contributed by atoms with Crippen molar-refractivity contribution in [1.82, 2.24) is 15.1 Å². The van der Waals surface area contributed by atoms with Gasteiger partial charge in [-0.15, -0.1) is 0 Å². The molecule has 0 aromatic heterocycles. The van der Waals surface area contributed by atoms with Gasteiger partial charge in [-0.1, -0.05) is 87.5 Å². The zero-order valence-electron chi connectivity index (χ0n) is 37.1. The largest absolute Gasteiger partial charge is 0.533 e. The van der Waals surface area contributed by atoms with Gasteiger partial charge in [0.15, 0.2) is 0 Å². The van der Waals surface area contributed by atoms with E-state index in [1.807, 2.05) is 54.6 Å². The minimum Gasteiger partial charge on any atom is -0.533 e. The number of nitrogens with zero attached hydrogens (tertiary/aromatic N) is 2. The van der Waals surface area contributed by atoms with Gasteiger partial charge in [0, 0.05) is 44.3 Å². The average Bonchev–Trinajstić information content (AvgIpc) is 3.75. The molecule has 2 heterocycles. The lowest BCUT2D eigenvalue weighted by Crippen LogP contribution is -2.59. The summed E-state index contributed by atoms with van der Waals surface area (Å²) < 4.78 is 58.9. The Hall–Kier alpha value is -5.74. The number of anilines is 1. The van der Waals surface area contributed by atoms with Gasteiger partial charge in [0.1, 0.15) is 30.0 Å². The van der Waals surface area contributed by atoms with E-state index in [1.165, 1.54) is 10.8 Å². The third-order valence-electron chi connectivity index (χ3n) is 11.9. The quantitative estimate of drug-likeness (QED) is 0.0398. The molecule has 0 aliphatic carbocycles. The highest BCUT2D eigenvalue weighted by molar-refractivity contribution is 7.92. The third kappa shape index (κ3) is 11.6. The Morgan fingerprint density at radius 1 is 0.877 bits per heavy atom. The first-order valence-electron chi connectivity index (χ1n) is 22.1. The number of ether oxygens (including phenoxy) is 2. The fourth-order valence-corrected chi connectivity index (χ4v) is 12.0. The molecule has 5 aromatic carbocycles. The molecule has 2 fully saturated rings. The average molecular weight is 922 g/mol. The number of amides is 2. The van der Waals surface area contributed by atoms with Crippen LogP contribution in [-0.2, 0) is 31.2 Å². The number of sulfone groups is 1. The number of benzene rings is 5. The molecule has 15 heteroatoms. The van der Waals surface area contributed by atoms with E-state index in [1.54, 1.807) is 4.90 Å². The van der Waals surface area contributed by atoms with Crippen LogP contribution in [0.15, 0.2) is 132 Å². The molecule has 2 aliphatic rings. The van der Waals surface area contributed by atoms with Gasteiger partial charge >= 0.3 is 15.1 Å². The maximum atomic E-state index is 13.8. The molecule has 0 saturated carbocycles. The van der Waals surface area contributed by atoms with Crippen molar-refractivity contribution in [3.8, 4) is 11.5 Å². The van der Waals surface area contributed by atoms with E-state index in [-0.39, 0.29) is 42.4 Å². The van der Waals surface area contributed by atoms with Gasteiger partial charge in [0.2, 0.25) is 9.84 Å². The molecular weight excluding hydrogens is 864 g/mol. The second-order valence-electron chi connectivity index (χ2n) is 17.5. The van der Waals surface area contributed by atoms with Crippen LogP contribution in [0.5, 0.6) is 11.5 Å². The van der Waals surface area contributed by atoms with Crippen LogP contribution in [0, 0.1) is 5.82 Å². The summed E-state index contributed by atoms with van der Waals surface area (Å²) in [5.41, 5.74) is 3.44. The standard InChI is InChI=1S/C50H58FN4O8SSi/c1-49(2,3)38-12-24-47(25-13-38)65(46-8-5-4-6-9-46)63-44-20-18-43(19-21-44)61-35-42(57)34-52-30-26-37-10-16-40(17-11-37)53-41-27-32-54(33-28-41)48(58)55-31-7-29-50(55,62-36-56)64(59,60)45-22-14-39(51)15-23-45/h4-6,8-25,36,41-42,52-53,57H,7,26-35H2,1-3H3/t42-,50-/m0/s1. The van der Waals surface area contributed by atoms with E-state index < -0.39 is 41.9 Å². The summed E-state index contributed by atoms with van der Waals surface area (Å²) >= 11 is 0. The van der Waals surface area contributed by atoms with Crippen molar-refractivity contribution >= 4 is 47.4 Å². The molecule has 2 atom stereocenters. The van der Waals surface area contributed by atoms with Crippen LogP contribution in [0.4, 0.5) is 14.9 Å². The molecular formula is C50H58FN4O8SSi. The van der Waals surface area contributed by atoms with Crippen molar-refractivity contribution < 1.29 is 41.4 Å². The number of nitrogens with one attached hydrogen (secondary N) is 2. The van der Waals surface area contributed by atoms with Crippen LogP contribution in [0.3, 0.4) is 0 Å². The summed E-state index contributed by atoms with van der Waals surface area (Å²) in [6.45, 7) is 8.76. The number of aliphatic hydroxyl groups excluding tert-OH is 1. The Bertz CT molecular complexity index is 2430. The maximum Gasteiger partial charge on any atom is 0.352 e. The maximum absolute atomic E-state index is 13.8. The first kappa shape index (κ1) is 47.2. The molecule has 2 aliphatic heterocycles. The minimum atomic E-state index is -4.39. The lowest BCUT2D eigenvalue weighted by atomic mass is 9.87. The van der Waals surface area contributed by atoms with Crippen LogP contribution in [-0.4, -0.2) is 101 Å². The van der Waals surface area contributed by atoms with Gasteiger partial charge in [-0.3, -0.25) is 9.69 Å². The molecule has 0 spiro atoms. The lowest BCUT2D eigenvalue weighted by molar-refractivity contribution is -0.143. The van der Waals surface area contributed by atoms with Crippen molar-refractivity contribution in [2.75, 3.05) is 44.6 Å². The Morgan fingerprint density at radius 2 is 1.52 bits per heavy atom. The Morgan fingerprint density at radius 3 is 2.17 bits per heavy atom. The second-order valence-corrected chi connectivity index (χ2v) is 21.7. The smallest absolute Gasteiger partial charge is 0.352 e. The minimum absolute atomic E-state index is 0.0560. The summed E-state index contributed by atoms with van der Waals surface area (Å²) in [6.07, 6.45) is 1.57. The molecule has 65 heavy (non-hydrogen) atoms. The molecule has 12 nitrogen and oxygen atoms in total. The molecule has 2 saturated heterocycles. The number of rotatable bonds is 18. The first-order chi connectivity index (χ1) is 31.3. The first-order valence-corrected chi connectivity index (χ1v) is 25.0. The highest BCUT2D eigenvalue weighted by atomic mass is 32.2. The highest BCUT2D eigenvalue weighted by Crippen LogP contribution is 2.40. The van der Waals surface area contributed by atoms with Gasteiger partial charge in [0.05, 0.1) is 4.90 Å². The zero-order chi connectivity index (χ0) is 46.0. The van der Waals surface area contributed by atoms with E-state index in [2.05, 4.69) is 79.9 Å². The van der Waals surface area contributed by atoms with Crippen molar-refractivity contribution in [3.05, 3.63) is 144 Å². The van der Waals surface area contributed by atoms with Gasteiger partial charge in [-0.05, 0) is 120 Å². The number of piperidine rings is 1. The highest BCUT2D eigenvalue weighted by Gasteiger charge is 2.58. The van der Waals surface area contributed by atoms with Crippen LogP contribution < -0.4 is 30.2 Å². The summed E-state index contributed by atoms with van der Waals surface area (Å²) in [4.78, 5) is 27.9. The van der Waals surface area contributed by atoms with E-state index in [0.717, 1.165) is 57.8 Å². The number of hydrogen-bond donors (Lipinski definition) is 3. The third-order valence-corrected chi connectivity index (χ3v) is 16.3. The van der Waals surface area contributed by atoms with Gasteiger partial charge in [-0.2, -0.15) is 0 Å². The predicted octanol–water partition coefficient (Wildman–Crippen LogP) is 6.27. The molecule has 343 valence electrons. The van der Waals surface area contributed by atoms with Crippen molar-refractivity contribution in [1.29, 1.82) is 0 Å². The number of aliphatic hydroxyl groups is 1. The number of urea groups is 1. The predicted molar refractivity (Wildman–Crippen MR) is 251 cm³/mol. The summed E-state index contributed by atoms with van der Waals surface area (Å²) in [5, 5.41) is 17.6. The Balaban J connectivity index is 0.816. The summed E-state index contributed by atoms with van der Waals surface area (Å²) in [6, 6.07) is 38.6. The van der Waals surface area contributed by atoms with Gasteiger partial charge < -0.3 is 34.5 Å². The van der Waals surface area contributed by atoms with Crippen molar-refractivity contribution in [2.45, 2.75) is 80.4 Å². The normalized spacial score (nSPS) is 17.4. The summed E-state index contributed by atoms with van der Waals surface area (Å²) in [7, 11) is -5.93. The SMILES string of the molecule is CC(C)(C)c1ccc([Si](Oc2ccc(OC[C@@H](O)CNCCc3ccc(NC4CCN(C(=O)N5CCC[C@]5(OC=O)S(=O)(=O)c5ccc(F)cc5)CC4)cc3)cc2)c2ccccc2)cc1. The van der Waals surface area contributed by atoms with Gasteiger partial charge in [-0.25, -0.2) is 17.6 Å². The zero-order valence-corrected chi connectivity index (χ0v) is 38.9. The topological polar surface area (TPSA) is 147 Å². The number of hydrogen-bond acceptors (Lipinski definition) is 10.